The Morgan fingerprint density at radius 1 is 0.708 bits per heavy atom. The fourth-order valence-corrected chi connectivity index (χ4v) is 4.82. The maximum absolute atomic E-state index is 13.5. The smallest absolute Gasteiger partial charge is 0.147 e. The molecule has 2 aromatic carbocycles. The molecular formula is C22H27NO. The predicted molar refractivity (Wildman–Crippen MR) is 98.7 cm³/mol. The fraction of sp³-hybridized carbons (Fsp3) is 0.409. The molecule has 2 atom stereocenters. The molecule has 1 heterocycles. The van der Waals surface area contributed by atoms with Gasteiger partial charge in [-0.2, -0.15) is 0 Å². The summed E-state index contributed by atoms with van der Waals surface area (Å²) in [5.41, 5.74) is 1.53. The first-order valence-electron chi connectivity index (χ1n) is 8.64. The molecular weight excluding hydrogens is 294 g/mol. The van der Waals surface area contributed by atoms with Gasteiger partial charge in [0.15, 0.2) is 0 Å². The topological polar surface area (TPSA) is 20.3 Å². The number of carbonyl (C=O) groups is 1. The molecule has 1 saturated heterocycles. The molecule has 2 nitrogen and oxygen atoms in total. The Hall–Kier alpha value is -1.93. The van der Waals surface area contributed by atoms with Crippen LogP contribution in [0, 0.1) is 10.8 Å². The van der Waals surface area contributed by atoms with Crippen LogP contribution in [0.2, 0.25) is 0 Å². The molecule has 1 fully saturated rings. The highest BCUT2D eigenvalue weighted by Gasteiger charge is 2.56. The van der Waals surface area contributed by atoms with Crippen LogP contribution in [0.3, 0.4) is 0 Å². The molecule has 0 amide bonds. The zero-order valence-electron chi connectivity index (χ0n) is 15.3. The Balaban J connectivity index is 2.16. The lowest BCUT2D eigenvalue weighted by atomic mass is 9.59. The minimum Gasteiger partial charge on any atom is -0.298 e. The summed E-state index contributed by atoms with van der Waals surface area (Å²) in [5, 5.41) is 0. The van der Waals surface area contributed by atoms with Gasteiger partial charge in [0.2, 0.25) is 0 Å². The van der Waals surface area contributed by atoms with E-state index < -0.39 is 10.8 Å². The van der Waals surface area contributed by atoms with E-state index >= 15 is 0 Å². The van der Waals surface area contributed by atoms with E-state index in [-0.39, 0.29) is 12.1 Å². The van der Waals surface area contributed by atoms with Crippen LogP contribution in [0.25, 0.3) is 0 Å². The molecule has 3 rings (SSSR count). The van der Waals surface area contributed by atoms with Crippen molar-refractivity contribution in [1.82, 2.24) is 4.90 Å². The van der Waals surface area contributed by atoms with Crippen molar-refractivity contribution in [2.24, 2.45) is 10.8 Å². The summed E-state index contributed by atoms with van der Waals surface area (Å²) in [5.74, 6) is 0.329. The SMILES string of the molecule is CN1C(c2ccccc2)C(C)(C)C(=O)C(C)(C)C1c1ccccc1. The monoisotopic (exact) mass is 321 g/mol. The first kappa shape index (κ1) is 16.9. The molecule has 0 aromatic heterocycles. The number of rotatable bonds is 2. The number of benzene rings is 2. The molecule has 1 aliphatic rings. The Morgan fingerprint density at radius 3 is 1.38 bits per heavy atom. The molecule has 0 saturated carbocycles. The van der Waals surface area contributed by atoms with E-state index in [1.165, 1.54) is 11.1 Å². The van der Waals surface area contributed by atoms with Gasteiger partial charge in [-0.05, 0) is 18.2 Å². The summed E-state index contributed by atoms with van der Waals surface area (Å²) in [4.78, 5) is 15.8. The highest BCUT2D eigenvalue weighted by molar-refractivity contribution is 5.91. The molecule has 0 spiro atoms. The Morgan fingerprint density at radius 2 is 1.04 bits per heavy atom. The third-order valence-corrected chi connectivity index (χ3v) is 5.58. The molecule has 0 radical (unpaired) electrons. The minimum atomic E-state index is -0.440. The molecule has 0 aliphatic carbocycles. The number of carbonyl (C=O) groups excluding carboxylic acids is 1. The van der Waals surface area contributed by atoms with Gasteiger partial charge in [0.25, 0.3) is 0 Å². The molecule has 0 bridgehead atoms. The van der Waals surface area contributed by atoms with Gasteiger partial charge >= 0.3 is 0 Å². The number of ketones is 1. The van der Waals surface area contributed by atoms with E-state index in [1.54, 1.807) is 0 Å². The zero-order chi connectivity index (χ0) is 17.5. The van der Waals surface area contributed by atoms with E-state index in [0.717, 1.165) is 0 Å². The van der Waals surface area contributed by atoms with Gasteiger partial charge in [0.1, 0.15) is 5.78 Å². The lowest BCUT2D eigenvalue weighted by Gasteiger charge is -2.55. The highest BCUT2D eigenvalue weighted by atomic mass is 16.1. The zero-order valence-corrected chi connectivity index (χ0v) is 15.3. The number of piperidine rings is 1. The summed E-state index contributed by atoms with van der Waals surface area (Å²) in [6.07, 6.45) is 0. The predicted octanol–water partition coefficient (Wildman–Crippen LogP) is 5.04. The third-order valence-electron chi connectivity index (χ3n) is 5.58. The molecule has 0 N–H and O–H groups in total. The maximum atomic E-state index is 13.5. The first-order valence-corrected chi connectivity index (χ1v) is 8.64. The van der Waals surface area contributed by atoms with Gasteiger partial charge in [-0.15, -0.1) is 0 Å². The summed E-state index contributed by atoms with van der Waals surface area (Å²) in [6.45, 7) is 8.36. The second-order valence-corrected chi connectivity index (χ2v) is 8.06. The van der Waals surface area contributed by atoms with Crippen LogP contribution in [0.4, 0.5) is 0 Å². The number of Topliss-reactive ketones (excluding diaryl/α,β-unsaturated/α-hetero) is 1. The van der Waals surface area contributed by atoms with Gasteiger partial charge in [0, 0.05) is 22.9 Å². The van der Waals surface area contributed by atoms with Gasteiger partial charge in [-0.3, -0.25) is 9.69 Å². The Labute approximate surface area is 145 Å². The van der Waals surface area contributed by atoms with Crippen LogP contribution in [0.1, 0.15) is 50.9 Å². The largest absolute Gasteiger partial charge is 0.298 e. The lowest BCUT2D eigenvalue weighted by Crippen LogP contribution is -2.57. The Kier molecular flexibility index (Phi) is 4.13. The standard InChI is InChI=1S/C22H27NO/c1-21(2)18(16-12-8-6-9-13-16)23(5)19(22(3,4)20(21)24)17-14-10-7-11-15-17/h6-15,18-19H,1-5H3. The van der Waals surface area contributed by atoms with Gasteiger partial charge in [-0.1, -0.05) is 88.4 Å². The van der Waals surface area contributed by atoms with Crippen LogP contribution in [0.5, 0.6) is 0 Å². The Bertz CT molecular complexity index is 657. The lowest BCUT2D eigenvalue weighted by molar-refractivity contribution is -0.156. The fourth-order valence-electron chi connectivity index (χ4n) is 4.82. The van der Waals surface area contributed by atoms with E-state index in [0.29, 0.717) is 5.78 Å². The number of nitrogens with zero attached hydrogens (tertiary/aromatic N) is 1. The molecule has 1 aliphatic heterocycles. The molecule has 2 unspecified atom stereocenters. The van der Waals surface area contributed by atoms with Crippen molar-refractivity contribution in [3.63, 3.8) is 0 Å². The summed E-state index contributed by atoms with van der Waals surface area (Å²) in [7, 11) is 2.16. The van der Waals surface area contributed by atoms with Gasteiger partial charge < -0.3 is 0 Å². The van der Waals surface area contributed by atoms with Crippen LogP contribution in [-0.2, 0) is 4.79 Å². The van der Waals surface area contributed by atoms with Crippen LogP contribution in [-0.4, -0.2) is 17.7 Å². The molecule has 2 heteroatoms. The van der Waals surface area contributed by atoms with E-state index in [9.17, 15) is 4.79 Å². The van der Waals surface area contributed by atoms with Crippen molar-refractivity contribution in [3.8, 4) is 0 Å². The second kappa shape index (κ2) is 5.86. The molecule has 2 aromatic rings. The van der Waals surface area contributed by atoms with Crippen molar-refractivity contribution in [1.29, 1.82) is 0 Å². The number of likely N-dealkylation sites (tertiary alicyclic amines) is 1. The third kappa shape index (κ3) is 2.50. The van der Waals surface area contributed by atoms with Gasteiger partial charge in [-0.25, -0.2) is 0 Å². The van der Waals surface area contributed by atoms with E-state index in [4.69, 9.17) is 0 Å². The van der Waals surface area contributed by atoms with Crippen molar-refractivity contribution in [3.05, 3.63) is 71.8 Å². The van der Waals surface area contributed by atoms with Crippen molar-refractivity contribution < 1.29 is 4.79 Å². The van der Waals surface area contributed by atoms with Crippen molar-refractivity contribution in [2.75, 3.05) is 7.05 Å². The highest BCUT2D eigenvalue weighted by Crippen LogP contribution is 2.56. The normalized spacial score (nSPS) is 26.3. The van der Waals surface area contributed by atoms with E-state index in [1.807, 2.05) is 12.1 Å². The molecule has 24 heavy (non-hydrogen) atoms. The van der Waals surface area contributed by atoms with Crippen LogP contribution < -0.4 is 0 Å². The van der Waals surface area contributed by atoms with Crippen LogP contribution >= 0.6 is 0 Å². The quantitative estimate of drug-likeness (QED) is 0.772. The molecule has 126 valence electrons. The van der Waals surface area contributed by atoms with Crippen LogP contribution in [0.15, 0.2) is 60.7 Å². The van der Waals surface area contributed by atoms with E-state index in [2.05, 4.69) is 88.2 Å². The van der Waals surface area contributed by atoms with Crippen molar-refractivity contribution >= 4 is 5.78 Å². The summed E-state index contributed by atoms with van der Waals surface area (Å²) in [6, 6.07) is 20.9. The number of hydrogen-bond donors (Lipinski definition) is 0. The second-order valence-electron chi connectivity index (χ2n) is 8.06. The average molecular weight is 321 g/mol. The number of hydrogen-bond acceptors (Lipinski definition) is 2. The summed E-state index contributed by atoms with van der Waals surface area (Å²) < 4.78 is 0. The maximum Gasteiger partial charge on any atom is 0.147 e. The first-order chi connectivity index (χ1) is 11.3. The average Bonchev–Trinajstić information content (AvgIpc) is 2.55. The van der Waals surface area contributed by atoms with Crippen molar-refractivity contribution in [2.45, 2.75) is 39.8 Å². The minimum absolute atomic E-state index is 0.0597. The van der Waals surface area contributed by atoms with Gasteiger partial charge in [0.05, 0.1) is 0 Å². The summed E-state index contributed by atoms with van der Waals surface area (Å²) >= 11 is 0.